The van der Waals surface area contributed by atoms with E-state index in [-0.39, 0.29) is 11.8 Å². The SMILES string of the molecule is CC1CCN(c2nccc(C(=O)N3CCN(C(=O)c4ccco4)CC3)n2)CC1. The third kappa shape index (κ3) is 3.85. The van der Waals surface area contributed by atoms with Crippen LogP contribution in [-0.2, 0) is 0 Å². The smallest absolute Gasteiger partial charge is 0.289 e. The molecule has 0 radical (unpaired) electrons. The van der Waals surface area contributed by atoms with Crippen molar-refractivity contribution in [3.63, 3.8) is 0 Å². The van der Waals surface area contributed by atoms with Crippen LogP contribution in [0.3, 0.4) is 0 Å². The molecular weight excluding hydrogens is 358 g/mol. The summed E-state index contributed by atoms with van der Waals surface area (Å²) in [6.45, 7) is 6.02. The van der Waals surface area contributed by atoms with E-state index in [1.807, 2.05) is 0 Å². The van der Waals surface area contributed by atoms with Crippen molar-refractivity contribution in [3.8, 4) is 0 Å². The quantitative estimate of drug-likeness (QED) is 0.805. The van der Waals surface area contributed by atoms with Crippen molar-refractivity contribution in [2.45, 2.75) is 19.8 Å². The third-order valence-corrected chi connectivity index (χ3v) is 5.51. The first-order chi connectivity index (χ1) is 13.6. The monoisotopic (exact) mass is 383 g/mol. The summed E-state index contributed by atoms with van der Waals surface area (Å²) in [6, 6.07) is 5.02. The molecule has 0 saturated carbocycles. The van der Waals surface area contributed by atoms with Gasteiger partial charge in [-0.25, -0.2) is 9.97 Å². The largest absolute Gasteiger partial charge is 0.459 e. The number of furan rings is 1. The lowest BCUT2D eigenvalue weighted by molar-refractivity contribution is 0.0515. The molecule has 28 heavy (non-hydrogen) atoms. The van der Waals surface area contributed by atoms with E-state index in [0.29, 0.717) is 43.6 Å². The van der Waals surface area contributed by atoms with Gasteiger partial charge >= 0.3 is 0 Å². The summed E-state index contributed by atoms with van der Waals surface area (Å²) in [7, 11) is 0. The number of piperidine rings is 1. The highest BCUT2D eigenvalue weighted by Gasteiger charge is 2.28. The lowest BCUT2D eigenvalue weighted by Crippen LogP contribution is -2.50. The number of amides is 2. The number of aromatic nitrogens is 2. The van der Waals surface area contributed by atoms with E-state index in [9.17, 15) is 9.59 Å². The average Bonchev–Trinajstić information content (AvgIpc) is 3.28. The van der Waals surface area contributed by atoms with Crippen LogP contribution in [0.1, 0.15) is 40.8 Å². The number of carbonyl (C=O) groups excluding carboxylic acids is 2. The van der Waals surface area contributed by atoms with Gasteiger partial charge in [-0.2, -0.15) is 0 Å². The van der Waals surface area contributed by atoms with E-state index in [1.54, 1.807) is 34.2 Å². The van der Waals surface area contributed by atoms with Crippen molar-refractivity contribution in [1.82, 2.24) is 19.8 Å². The molecule has 2 aliphatic heterocycles. The van der Waals surface area contributed by atoms with Gasteiger partial charge in [-0.05, 0) is 37.0 Å². The van der Waals surface area contributed by atoms with Crippen LogP contribution in [0.15, 0.2) is 35.1 Å². The molecule has 4 heterocycles. The van der Waals surface area contributed by atoms with Crippen LogP contribution in [0.25, 0.3) is 0 Å². The second kappa shape index (κ2) is 8.00. The third-order valence-electron chi connectivity index (χ3n) is 5.51. The number of rotatable bonds is 3. The van der Waals surface area contributed by atoms with Gasteiger partial charge in [0.2, 0.25) is 5.95 Å². The summed E-state index contributed by atoms with van der Waals surface area (Å²) in [4.78, 5) is 39.7. The molecule has 0 unspecified atom stereocenters. The summed E-state index contributed by atoms with van der Waals surface area (Å²) in [5, 5.41) is 0. The molecule has 2 amide bonds. The second-order valence-corrected chi connectivity index (χ2v) is 7.47. The van der Waals surface area contributed by atoms with E-state index < -0.39 is 0 Å². The van der Waals surface area contributed by atoms with Crippen LogP contribution < -0.4 is 4.90 Å². The zero-order valence-corrected chi connectivity index (χ0v) is 16.1. The van der Waals surface area contributed by atoms with E-state index >= 15 is 0 Å². The lowest BCUT2D eigenvalue weighted by atomic mass is 10.00. The Morgan fingerprint density at radius 1 is 1.00 bits per heavy atom. The first-order valence-electron chi connectivity index (χ1n) is 9.82. The predicted octanol–water partition coefficient (Wildman–Crippen LogP) is 1.90. The Kier molecular flexibility index (Phi) is 5.27. The summed E-state index contributed by atoms with van der Waals surface area (Å²) in [6.07, 6.45) is 5.38. The first kappa shape index (κ1) is 18.5. The van der Waals surface area contributed by atoms with Crippen molar-refractivity contribution in [1.29, 1.82) is 0 Å². The molecule has 2 aliphatic rings. The van der Waals surface area contributed by atoms with Gasteiger partial charge in [0.05, 0.1) is 6.26 Å². The predicted molar refractivity (Wildman–Crippen MR) is 103 cm³/mol. The minimum atomic E-state index is -0.138. The maximum atomic E-state index is 12.9. The summed E-state index contributed by atoms with van der Waals surface area (Å²) < 4.78 is 5.18. The van der Waals surface area contributed by atoms with Crippen molar-refractivity contribution < 1.29 is 14.0 Å². The number of carbonyl (C=O) groups is 2. The molecule has 2 fully saturated rings. The standard InChI is InChI=1S/C20H25N5O3/c1-15-5-8-25(9-6-15)20-21-7-4-16(22-20)18(26)23-10-12-24(13-11-23)19(27)17-3-2-14-28-17/h2-4,7,14-15H,5-6,8-13H2,1H3. The fourth-order valence-corrected chi connectivity index (χ4v) is 3.66. The highest BCUT2D eigenvalue weighted by atomic mass is 16.3. The summed E-state index contributed by atoms with van der Waals surface area (Å²) >= 11 is 0. The molecular formula is C20H25N5O3. The molecule has 0 aromatic carbocycles. The summed E-state index contributed by atoms with van der Waals surface area (Å²) in [5.74, 6) is 1.43. The normalized spacial score (nSPS) is 18.4. The summed E-state index contributed by atoms with van der Waals surface area (Å²) in [5.41, 5.74) is 0.412. The Balaban J connectivity index is 1.37. The maximum absolute atomic E-state index is 12.9. The van der Waals surface area contributed by atoms with Gasteiger partial charge in [-0.3, -0.25) is 9.59 Å². The van der Waals surface area contributed by atoms with Crippen molar-refractivity contribution in [2.75, 3.05) is 44.2 Å². The van der Waals surface area contributed by atoms with Crippen LogP contribution in [0.2, 0.25) is 0 Å². The van der Waals surface area contributed by atoms with Crippen LogP contribution in [0.4, 0.5) is 5.95 Å². The van der Waals surface area contributed by atoms with Crippen molar-refractivity contribution in [2.24, 2.45) is 5.92 Å². The number of hydrogen-bond acceptors (Lipinski definition) is 6. The fourth-order valence-electron chi connectivity index (χ4n) is 3.66. The van der Waals surface area contributed by atoms with Crippen molar-refractivity contribution >= 4 is 17.8 Å². The zero-order valence-electron chi connectivity index (χ0n) is 16.1. The van der Waals surface area contributed by atoms with E-state index in [4.69, 9.17) is 4.42 Å². The lowest BCUT2D eigenvalue weighted by Gasteiger charge is -2.34. The number of anilines is 1. The fraction of sp³-hybridized carbons (Fsp3) is 0.500. The topological polar surface area (TPSA) is 82.8 Å². The Labute approximate surface area is 164 Å². The molecule has 4 rings (SSSR count). The number of piperazine rings is 1. The molecule has 2 aromatic rings. The molecule has 0 spiro atoms. The molecule has 0 atom stereocenters. The minimum absolute atomic E-state index is 0.112. The van der Waals surface area contributed by atoms with E-state index in [1.165, 1.54) is 6.26 Å². The molecule has 148 valence electrons. The average molecular weight is 383 g/mol. The second-order valence-electron chi connectivity index (χ2n) is 7.47. The van der Waals surface area contributed by atoms with Crippen LogP contribution >= 0.6 is 0 Å². The number of hydrogen-bond donors (Lipinski definition) is 0. The molecule has 8 nitrogen and oxygen atoms in total. The Bertz CT molecular complexity index is 822. The van der Waals surface area contributed by atoms with Gasteiger partial charge in [-0.1, -0.05) is 6.92 Å². The van der Waals surface area contributed by atoms with Crippen LogP contribution in [0, 0.1) is 5.92 Å². The van der Waals surface area contributed by atoms with E-state index in [0.717, 1.165) is 31.8 Å². The van der Waals surface area contributed by atoms with Gasteiger partial charge in [0.1, 0.15) is 5.69 Å². The molecule has 0 N–H and O–H groups in total. The zero-order chi connectivity index (χ0) is 19.5. The van der Waals surface area contributed by atoms with Gasteiger partial charge in [0.25, 0.3) is 11.8 Å². The minimum Gasteiger partial charge on any atom is -0.459 e. The van der Waals surface area contributed by atoms with Gasteiger partial charge in [0.15, 0.2) is 5.76 Å². The van der Waals surface area contributed by atoms with Crippen LogP contribution in [0.5, 0.6) is 0 Å². The molecule has 0 bridgehead atoms. The maximum Gasteiger partial charge on any atom is 0.289 e. The molecule has 8 heteroatoms. The van der Waals surface area contributed by atoms with Gasteiger partial charge in [-0.15, -0.1) is 0 Å². The number of nitrogens with zero attached hydrogens (tertiary/aromatic N) is 5. The Hall–Kier alpha value is -2.90. The highest BCUT2D eigenvalue weighted by Crippen LogP contribution is 2.20. The molecule has 0 aliphatic carbocycles. The first-order valence-corrected chi connectivity index (χ1v) is 9.82. The highest BCUT2D eigenvalue weighted by molar-refractivity contribution is 5.93. The Morgan fingerprint density at radius 3 is 2.32 bits per heavy atom. The molecule has 2 aromatic heterocycles. The van der Waals surface area contributed by atoms with Crippen LogP contribution in [-0.4, -0.2) is 70.9 Å². The molecule has 2 saturated heterocycles. The van der Waals surface area contributed by atoms with Gasteiger partial charge in [0, 0.05) is 45.5 Å². The van der Waals surface area contributed by atoms with Crippen molar-refractivity contribution in [3.05, 3.63) is 42.1 Å². The van der Waals surface area contributed by atoms with E-state index in [2.05, 4.69) is 21.8 Å². The van der Waals surface area contributed by atoms with Gasteiger partial charge < -0.3 is 19.1 Å². The Morgan fingerprint density at radius 2 is 1.68 bits per heavy atom.